The molecule has 2 N–H and O–H groups in total. The van der Waals surface area contributed by atoms with Crippen LogP contribution in [-0.2, 0) is 6.42 Å². The lowest BCUT2D eigenvalue weighted by Crippen LogP contribution is -2.17. The Labute approximate surface area is 121 Å². The molecular weight excluding hydrogens is 242 g/mol. The van der Waals surface area contributed by atoms with Gasteiger partial charge in [-0.2, -0.15) is 0 Å². The van der Waals surface area contributed by atoms with Gasteiger partial charge in [0.1, 0.15) is 0 Å². The molecule has 104 valence electrons. The Bertz CT molecular complexity index is 547. The summed E-state index contributed by atoms with van der Waals surface area (Å²) in [6.07, 6.45) is 5.07. The molecule has 0 aromatic heterocycles. The van der Waals surface area contributed by atoms with Gasteiger partial charge in [0.25, 0.3) is 0 Å². The lowest BCUT2D eigenvalue weighted by Gasteiger charge is -2.25. The Morgan fingerprint density at radius 3 is 1.95 bits per heavy atom. The maximum atomic E-state index is 5.84. The zero-order valence-corrected chi connectivity index (χ0v) is 12.2. The summed E-state index contributed by atoms with van der Waals surface area (Å²) in [4.78, 5) is 0. The minimum Gasteiger partial charge on any atom is -0.328 e. The van der Waals surface area contributed by atoms with E-state index in [1.165, 1.54) is 41.5 Å². The largest absolute Gasteiger partial charge is 0.328 e. The Balaban J connectivity index is 1.74. The van der Waals surface area contributed by atoms with Crippen LogP contribution in [0.25, 0.3) is 11.1 Å². The number of nitrogens with two attached hydrogens (primary N) is 1. The predicted molar refractivity (Wildman–Crippen MR) is 85.8 cm³/mol. The zero-order valence-electron chi connectivity index (χ0n) is 12.2. The van der Waals surface area contributed by atoms with Gasteiger partial charge < -0.3 is 5.73 Å². The van der Waals surface area contributed by atoms with Crippen LogP contribution < -0.4 is 5.73 Å². The van der Waals surface area contributed by atoms with E-state index >= 15 is 0 Å². The van der Waals surface area contributed by atoms with Crippen molar-refractivity contribution < 1.29 is 0 Å². The summed E-state index contributed by atoms with van der Waals surface area (Å²) in [5.74, 6) is 0.817. The summed E-state index contributed by atoms with van der Waals surface area (Å²) < 4.78 is 0. The molecule has 1 saturated carbocycles. The summed E-state index contributed by atoms with van der Waals surface area (Å²) in [7, 11) is 0. The average molecular weight is 265 g/mol. The zero-order chi connectivity index (χ0) is 13.9. The van der Waals surface area contributed by atoms with E-state index in [4.69, 9.17) is 5.73 Å². The predicted octanol–water partition coefficient (Wildman–Crippen LogP) is 4.51. The van der Waals surface area contributed by atoms with Crippen molar-refractivity contribution in [2.75, 3.05) is 0 Å². The molecular formula is C19H23N. The van der Waals surface area contributed by atoms with Crippen molar-refractivity contribution in [3.8, 4) is 11.1 Å². The fourth-order valence-electron chi connectivity index (χ4n) is 2.89. The molecule has 1 aliphatic rings. The molecule has 0 amide bonds. The molecule has 2 aromatic rings. The second-order valence-corrected chi connectivity index (χ2v) is 6.13. The van der Waals surface area contributed by atoms with Crippen LogP contribution in [0.4, 0.5) is 0 Å². The molecule has 1 unspecified atom stereocenters. The second-order valence-electron chi connectivity index (χ2n) is 6.13. The Kier molecular flexibility index (Phi) is 3.88. The molecule has 0 spiro atoms. The van der Waals surface area contributed by atoms with Gasteiger partial charge in [0.05, 0.1) is 0 Å². The van der Waals surface area contributed by atoms with Crippen molar-refractivity contribution in [2.24, 2.45) is 5.73 Å². The summed E-state index contributed by atoms with van der Waals surface area (Å²) in [6, 6.07) is 18.1. The Hall–Kier alpha value is -1.60. The lowest BCUT2D eigenvalue weighted by atomic mass is 9.80. The minimum absolute atomic E-state index is 0.225. The first-order chi connectivity index (χ1) is 9.72. The van der Waals surface area contributed by atoms with E-state index in [0.29, 0.717) is 0 Å². The maximum Gasteiger partial charge on any atom is 0.00509 e. The molecule has 1 fully saturated rings. The van der Waals surface area contributed by atoms with Gasteiger partial charge in [0.15, 0.2) is 0 Å². The van der Waals surface area contributed by atoms with Crippen LogP contribution in [0.5, 0.6) is 0 Å². The van der Waals surface area contributed by atoms with Crippen molar-refractivity contribution in [1.82, 2.24) is 0 Å². The van der Waals surface area contributed by atoms with Gasteiger partial charge in [-0.1, -0.05) is 55.0 Å². The molecule has 3 rings (SSSR count). The van der Waals surface area contributed by atoms with Gasteiger partial charge in [-0.15, -0.1) is 0 Å². The highest BCUT2D eigenvalue weighted by Crippen LogP contribution is 2.36. The molecule has 1 nitrogen and oxygen atoms in total. The van der Waals surface area contributed by atoms with Gasteiger partial charge in [-0.05, 0) is 54.4 Å². The normalized spacial score (nSPS) is 16.7. The van der Waals surface area contributed by atoms with Crippen molar-refractivity contribution in [2.45, 2.75) is 44.6 Å². The van der Waals surface area contributed by atoms with Crippen molar-refractivity contribution in [1.29, 1.82) is 0 Å². The first kappa shape index (κ1) is 13.4. The molecule has 0 heterocycles. The lowest BCUT2D eigenvalue weighted by molar-refractivity contribution is 0.420. The summed E-state index contributed by atoms with van der Waals surface area (Å²) in [5.41, 5.74) is 11.3. The van der Waals surface area contributed by atoms with Gasteiger partial charge in [0.2, 0.25) is 0 Å². The van der Waals surface area contributed by atoms with Crippen LogP contribution in [0.1, 0.15) is 43.2 Å². The molecule has 1 aliphatic carbocycles. The van der Waals surface area contributed by atoms with Crippen LogP contribution in [-0.4, -0.2) is 6.04 Å². The van der Waals surface area contributed by atoms with E-state index < -0.39 is 0 Å². The highest BCUT2D eigenvalue weighted by molar-refractivity contribution is 5.64. The first-order valence-corrected chi connectivity index (χ1v) is 7.67. The number of benzene rings is 2. The molecule has 1 heteroatoms. The van der Waals surface area contributed by atoms with Crippen LogP contribution in [0.15, 0.2) is 48.5 Å². The van der Waals surface area contributed by atoms with E-state index in [1.54, 1.807) is 0 Å². The number of hydrogen-bond donors (Lipinski definition) is 1. The quantitative estimate of drug-likeness (QED) is 0.864. The molecule has 0 aliphatic heterocycles. The number of rotatable bonds is 4. The summed E-state index contributed by atoms with van der Waals surface area (Å²) in [5, 5.41) is 0. The fraction of sp³-hybridized carbons (Fsp3) is 0.368. The monoisotopic (exact) mass is 265 g/mol. The third-order valence-electron chi connectivity index (χ3n) is 4.33. The van der Waals surface area contributed by atoms with Crippen molar-refractivity contribution >= 4 is 0 Å². The highest BCUT2D eigenvalue weighted by atomic mass is 14.6. The maximum absolute atomic E-state index is 5.84. The Morgan fingerprint density at radius 1 is 0.950 bits per heavy atom. The van der Waals surface area contributed by atoms with Crippen LogP contribution in [0.2, 0.25) is 0 Å². The molecule has 0 radical (unpaired) electrons. The van der Waals surface area contributed by atoms with Crippen LogP contribution in [0, 0.1) is 0 Å². The van der Waals surface area contributed by atoms with E-state index in [1.807, 2.05) is 6.92 Å². The molecule has 20 heavy (non-hydrogen) atoms. The fourth-order valence-corrected chi connectivity index (χ4v) is 2.89. The van der Waals surface area contributed by atoms with Gasteiger partial charge in [0, 0.05) is 6.04 Å². The molecule has 1 atom stereocenters. The van der Waals surface area contributed by atoms with E-state index in [-0.39, 0.29) is 6.04 Å². The molecule has 0 saturated heterocycles. The highest BCUT2D eigenvalue weighted by Gasteiger charge is 2.18. The standard InChI is InChI=1S/C19H23N/c1-14(20)13-15-5-7-17(8-6-15)19-11-9-18(10-12-19)16-3-2-4-16/h5-12,14,16H,2-4,13,20H2,1H3. The van der Waals surface area contributed by atoms with Gasteiger partial charge in [-0.25, -0.2) is 0 Å². The Morgan fingerprint density at radius 2 is 1.50 bits per heavy atom. The van der Waals surface area contributed by atoms with Gasteiger partial charge >= 0.3 is 0 Å². The average Bonchev–Trinajstić information content (AvgIpc) is 2.38. The second kappa shape index (κ2) is 5.80. The van der Waals surface area contributed by atoms with E-state index in [0.717, 1.165) is 12.3 Å². The van der Waals surface area contributed by atoms with Crippen LogP contribution in [0.3, 0.4) is 0 Å². The minimum atomic E-state index is 0.225. The van der Waals surface area contributed by atoms with E-state index in [9.17, 15) is 0 Å². The third-order valence-corrected chi connectivity index (χ3v) is 4.33. The smallest absolute Gasteiger partial charge is 0.00509 e. The van der Waals surface area contributed by atoms with Crippen LogP contribution >= 0.6 is 0 Å². The van der Waals surface area contributed by atoms with Crippen molar-refractivity contribution in [3.05, 3.63) is 59.7 Å². The first-order valence-electron chi connectivity index (χ1n) is 7.67. The number of hydrogen-bond acceptors (Lipinski definition) is 1. The molecule has 0 bridgehead atoms. The molecule has 2 aromatic carbocycles. The third kappa shape index (κ3) is 2.94. The van der Waals surface area contributed by atoms with E-state index in [2.05, 4.69) is 48.5 Å². The SMILES string of the molecule is CC(N)Cc1ccc(-c2ccc(C3CCC3)cc2)cc1. The van der Waals surface area contributed by atoms with Crippen molar-refractivity contribution in [3.63, 3.8) is 0 Å². The topological polar surface area (TPSA) is 26.0 Å². The summed E-state index contributed by atoms with van der Waals surface area (Å²) >= 11 is 0. The summed E-state index contributed by atoms with van der Waals surface area (Å²) in [6.45, 7) is 2.05. The van der Waals surface area contributed by atoms with Gasteiger partial charge in [-0.3, -0.25) is 0 Å².